The molecule has 0 spiro atoms. The second-order valence-electron chi connectivity index (χ2n) is 6.29. The predicted molar refractivity (Wildman–Crippen MR) is 92.1 cm³/mol. The van der Waals surface area contributed by atoms with Gasteiger partial charge in [-0.3, -0.25) is 0 Å². The molecule has 1 aromatic rings. The number of carbonyl (C=O) groups excluding carboxylic acids is 1. The van der Waals surface area contributed by atoms with Crippen LogP contribution in [0.4, 0.5) is 4.79 Å². The van der Waals surface area contributed by atoms with Gasteiger partial charge in [0.15, 0.2) is 0 Å². The van der Waals surface area contributed by atoms with Crippen molar-refractivity contribution < 1.29 is 9.90 Å². The minimum absolute atomic E-state index is 0.0840. The second-order valence-corrected chi connectivity index (χ2v) is 7.97. The van der Waals surface area contributed by atoms with E-state index in [1.54, 1.807) is 0 Å². The summed E-state index contributed by atoms with van der Waals surface area (Å²) >= 11 is 1.93. The number of nitrogens with one attached hydrogen (secondary N) is 2. The van der Waals surface area contributed by atoms with Gasteiger partial charge in [0, 0.05) is 17.3 Å². The maximum absolute atomic E-state index is 12.0. The lowest BCUT2D eigenvalue weighted by Crippen LogP contribution is -2.45. The number of carbonyl (C=O) groups is 1. The summed E-state index contributed by atoms with van der Waals surface area (Å²) in [6.45, 7) is 4.81. The Morgan fingerprint density at radius 3 is 2.77 bits per heavy atom. The second kappa shape index (κ2) is 7.88. The van der Waals surface area contributed by atoms with Gasteiger partial charge in [0.05, 0.1) is 6.10 Å². The zero-order valence-corrected chi connectivity index (χ0v) is 14.2. The molecule has 4 nitrogen and oxygen atoms in total. The summed E-state index contributed by atoms with van der Waals surface area (Å²) in [4.78, 5) is 12.0. The van der Waals surface area contributed by atoms with E-state index in [4.69, 9.17) is 0 Å². The van der Waals surface area contributed by atoms with E-state index in [-0.39, 0.29) is 16.8 Å². The molecule has 22 heavy (non-hydrogen) atoms. The molecule has 5 heteroatoms. The number of amides is 2. The third-order valence-corrected chi connectivity index (χ3v) is 5.60. The summed E-state index contributed by atoms with van der Waals surface area (Å²) in [6.07, 6.45) is 2.33. The number of hydrogen-bond donors (Lipinski definition) is 3. The molecule has 0 bridgehead atoms. The highest BCUT2D eigenvalue weighted by atomic mass is 32.2. The zero-order chi connectivity index (χ0) is 16.0. The molecule has 1 aromatic carbocycles. The van der Waals surface area contributed by atoms with Crippen LogP contribution in [-0.4, -0.2) is 34.2 Å². The summed E-state index contributed by atoms with van der Waals surface area (Å²) < 4.78 is 0.171. The first-order valence-electron chi connectivity index (χ1n) is 7.90. The molecule has 1 aliphatic rings. The molecule has 0 radical (unpaired) electrons. The van der Waals surface area contributed by atoms with E-state index in [1.165, 1.54) is 12.2 Å². The Balaban J connectivity index is 1.72. The lowest BCUT2D eigenvalue weighted by molar-refractivity contribution is 0.154. The lowest BCUT2D eigenvalue weighted by atomic mass is 10.0. The van der Waals surface area contributed by atoms with Crippen molar-refractivity contribution in [3.8, 4) is 0 Å². The first-order valence-corrected chi connectivity index (χ1v) is 8.88. The lowest BCUT2D eigenvalue weighted by Gasteiger charge is -2.24. The maximum atomic E-state index is 12.0. The molecule has 2 amide bonds. The summed E-state index contributed by atoms with van der Waals surface area (Å²) in [5.74, 6) is 1.18. The van der Waals surface area contributed by atoms with Crippen molar-refractivity contribution in [2.75, 3.05) is 12.3 Å². The predicted octanol–water partition coefficient (Wildman–Crippen LogP) is 3.08. The van der Waals surface area contributed by atoms with Crippen molar-refractivity contribution in [3.05, 3.63) is 35.9 Å². The number of rotatable bonds is 6. The van der Waals surface area contributed by atoms with Crippen LogP contribution < -0.4 is 10.6 Å². The van der Waals surface area contributed by atoms with Crippen molar-refractivity contribution in [1.82, 2.24) is 10.6 Å². The molecule has 3 N–H and O–H groups in total. The molecule has 2 rings (SSSR count). The summed E-state index contributed by atoms with van der Waals surface area (Å²) in [6, 6.07) is 9.30. The number of benzene rings is 1. The van der Waals surface area contributed by atoms with Gasteiger partial charge in [-0.2, -0.15) is 11.8 Å². The largest absolute Gasteiger partial charge is 0.388 e. The Kier molecular flexibility index (Phi) is 6.15. The SMILES string of the molecule is CC(CC(O)c1ccccc1)NC(=O)NCC1(C)CCCS1. The van der Waals surface area contributed by atoms with E-state index in [9.17, 15) is 9.90 Å². The van der Waals surface area contributed by atoms with Crippen LogP contribution in [0.1, 0.15) is 44.8 Å². The molecule has 122 valence electrons. The molecule has 0 saturated carbocycles. The topological polar surface area (TPSA) is 61.4 Å². The minimum Gasteiger partial charge on any atom is -0.388 e. The highest BCUT2D eigenvalue weighted by Gasteiger charge is 2.29. The van der Waals surface area contributed by atoms with E-state index in [0.29, 0.717) is 13.0 Å². The van der Waals surface area contributed by atoms with Crippen LogP contribution in [0.15, 0.2) is 30.3 Å². The fourth-order valence-electron chi connectivity index (χ4n) is 2.72. The maximum Gasteiger partial charge on any atom is 0.315 e. The van der Waals surface area contributed by atoms with E-state index < -0.39 is 6.10 Å². The Morgan fingerprint density at radius 2 is 2.14 bits per heavy atom. The van der Waals surface area contributed by atoms with Gasteiger partial charge in [0.25, 0.3) is 0 Å². The smallest absolute Gasteiger partial charge is 0.315 e. The van der Waals surface area contributed by atoms with E-state index >= 15 is 0 Å². The van der Waals surface area contributed by atoms with Crippen LogP contribution in [-0.2, 0) is 0 Å². The minimum atomic E-state index is -0.556. The number of aliphatic hydroxyl groups is 1. The van der Waals surface area contributed by atoms with Crippen LogP contribution >= 0.6 is 11.8 Å². The average molecular weight is 322 g/mol. The molecule has 1 saturated heterocycles. The van der Waals surface area contributed by atoms with Crippen molar-refractivity contribution in [1.29, 1.82) is 0 Å². The van der Waals surface area contributed by atoms with Crippen molar-refractivity contribution in [3.63, 3.8) is 0 Å². The summed E-state index contributed by atoms with van der Waals surface area (Å²) in [7, 11) is 0. The van der Waals surface area contributed by atoms with E-state index in [0.717, 1.165) is 12.0 Å². The van der Waals surface area contributed by atoms with Gasteiger partial charge in [-0.1, -0.05) is 30.3 Å². The monoisotopic (exact) mass is 322 g/mol. The van der Waals surface area contributed by atoms with Gasteiger partial charge < -0.3 is 15.7 Å². The molecule has 3 atom stereocenters. The van der Waals surface area contributed by atoms with Gasteiger partial charge in [-0.25, -0.2) is 4.79 Å². The Bertz CT molecular complexity index is 475. The Labute approximate surface area is 137 Å². The van der Waals surface area contributed by atoms with Crippen LogP contribution in [0.25, 0.3) is 0 Å². The van der Waals surface area contributed by atoms with Crippen LogP contribution in [0.2, 0.25) is 0 Å². The fraction of sp³-hybridized carbons (Fsp3) is 0.588. The normalized spacial score (nSPS) is 23.8. The molecule has 3 unspecified atom stereocenters. The van der Waals surface area contributed by atoms with Gasteiger partial charge in [-0.05, 0) is 44.4 Å². The van der Waals surface area contributed by atoms with Crippen molar-refractivity contribution in [2.45, 2.75) is 50.0 Å². The van der Waals surface area contributed by atoms with Crippen LogP contribution in [0, 0.1) is 0 Å². The summed E-state index contributed by atoms with van der Waals surface area (Å²) in [5, 5.41) is 16.0. The van der Waals surface area contributed by atoms with Gasteiger partial charge >= 0.3 is 6.03 Å². The molecule has 1 aliphatic heterocycles. The Morgan fingerprint density at radius 1 is 1.41 bits per heavy atom. The van der Waals surface area contributed by atoms with Gasteiger partial charge in [0.2, 0.25) is 0 Å². The van der Waals surface area contributed by atoms with Crippen LogP contribution in [0.3, 0.4) is 0 Å². The molecule has 1 fully saturated rings. The highest BCUT2D eigenvalue weighted by molar-refractivity contribution is 8.00. The third kappa shape index (κ3) is 5.21. The number of aliphatic hydroxyl groups excluding tert-OH is 1. The number of hydrogen-bond acceptors (Lipinski definition) is 3. The third-order valence-electron chi connectivity index (χ3n) is 4.06. The standard InChI is InChI=1S/C17H26N2O2S/c1-13(11-15(20)14-7-4-3-5-8-14)19-16(21)18-12-17(2)9-6-10-22-17/h3-5,7-8,13,15,20H,6,9-12H2,1-2H3,(H2,18,19,21). The molecular formula is C17H26N2O2S. The molecular weight excluding hydrogens is 296 g/mol. The number of urea groups is 1. The average Bonchev–Trinajstić information content (AvgIpc) is 2.93. The molecule has 0 aromatic heterocycles. The molecule has 1 heterocycles. The quantitative estimate of drug-likeness (QED) is 0.754. The van der Waals surface area contributed by atoms with Gasteiger partial charge in [0.1, 0.15) is 0 Å². The van der Waals surface area contributed by atoms with Crippen LogP contribution in [0.5, 0.6) is 0 Å². The zero-order valence-electron chi connectivity index (χ0n) is 13.3. The molecule has 0 aliphatic carbocycles. The Hall–Kier alpha value is -1.20. The van der Waals surface area contributed by atoms with E-state index in [1.807, 2.05) is 49.0 Å². The summed E-state index contributed by atoms with van der Waals surface area (Å²) in [5.41, 5.74) is 0.881. The fourth-order valence-corrected chi connectivity index (χ4v) is 3.97. The number of thioether (sulfide) groups is 1. The van der Waals surface area contributed by atoms with Crippen molar-refractivity contribution in [2.24, 2.45) is 0 Å². The highest BCUT2D eigenvalue weighted by Crippen LogP contribution is 2.36. The van der Waals surface area contributed by atoms with Gasteiger partial charge in [-0.15, -0.1) is 0 Å². The van der Waals surface area contributed by atoms with Crippen molar-refractivity contribution >= 4 is 17.8 Å². The first kappa shape index (κ1) is 17.2. The van der Waals surface area contributed by atoms with E-state index in [2.05, 4.69) is 17.6 Å². The first-order chi connectivity index (χ1) is 10.5.